The van der Waals surface area contributed by atoms with Crippen LogP contribution in [0.1, 0.15) is 37.9 Å². The van der Waals surface area contributed by atoms with Crippen molar-refractivity contribution in [3.8, 4) is 0 Å². The van der Waals surface area contributed by atoms with Crippen molar-refractivity contribution >= 4 is 24.0 Å². The zero-order chi connectivity index (χ0) is 25.1. The maximum atomic E-state index is 14.6. The van der Waals surface area contributed by atoms with Crippen LogP contribution in [0, 0.1) is 11.7 Å². The Morgan fingerprint density at radius 3 is 2.51 bits per heavy atom. The van der Waals surface area contributed by atoms with Gasteiger partial charge in [-0.2, -0.15) is 4.98 Å². The van der Waals surface area contributed by atoms with Crippen LogP contribution in [0.25, 0.3) is 0 Å². The summed E-state index contributed by atoms with van der Waals surface area (Å²) in [4.78, 5) is 36.6. The van der Waals surface area contributed by atoms with E-state index in [0.29, 0.717) is 26.2 Å². The molecule has 2 aliphatic heterocycles. The number of cyclic esters (lactones) is 1. The fourth-order valence-electron chi connectivity index (χ4n) is 4.31. The van der Waals surface area contributed by atoms with E-state index >= 15 is 0 Å². The van der Waals surface area contributed by atoms with Gasteiger partial charge in [-0.1, -0.05) is 38.1 Å². The summed E-state index contributed by atoms with van der Waals surface area (Å²) in [6.45, 7) is 9.23. The third-order valence-electron chi connectivity index (χ3n) is 6.50. The van der Waals surface area contributed by atoms with Gasteiger partial charge >= 0.3 is 12.2 Å². The molecule has 35 heavy (non-hydrogen) atoms. The Morgan fingerprint density at radius 1 is 1.20 bits per heavy atom. The average molecular weight is 487 g/mol. The van der Waals surface area contributed by atoms with Crippen molar-refractivity contribution < 1.29 is 23.8 Å². The molecule has 0 radical (unpaired) electrons. The number of benzene rings is 1. The molecule has 1 aromatic carbocycles. The molecular formula is C24H31FN6O4. The number of piperazine rings is 1. The summed E-state index contributed by atoms with van der Waals surface area (Å²) < 4.78 is 19.7. The normalized spacial score (nSPS) is 19.7. The van der Waals surface area contributed by atoms with E-state index in [0.717, 1.165) is 23.9 Å². The second-order valence-electron chi connectivity index (χ2n) is 9.28. The quantitative estimate of drug-likeness (QED) is 0.611. The van der Waals surface area contributed by atoms with Crippen molar-refractivity contribution in [3.63, 3.8) is 0 Å². The van der Waals surface area contributed by atoms with Gasteiger partial charge in [0, 0.05) is 32.7 Å². The molecule has 4 rings (SSSR count). The second kappa shape index (κ2) is 10.4. The molecular weight excluding hydrogens is 455 g/mol. The van der Waals surface area contributed by atoms with Crippen LogP contribution in [0.15, 0.2) is 30.5 Å². The summed E-state index contributed by atoms with van der Waals surface area (Å²) in [5, 5.41) is 12.3. The number of amides is 2. The lowest BCUT2D eigenvalue weighted by Gasteiger charge is -2.33. The number of anilines is 2. The van der Waals surface area contributed by atoms with Gasteiger partial charge in [-0.3, -0.25) is 9.80 Å². The number of halogens is 1. The van der Waals surface area contributed by atoms with Gasteiger partial charge in [0.2, 0.25) is 5.95 Å². The number of hydrogen-bond acceptors (Lipinski definition) is 7. The largest absolute Gasteiger partial charge is 0.465 e. The van der Waals surface area contributed by atoms with Gasteiger partial charge < -0.3 is 20.1 Å². The Hall–Kier alpha value is -3.47. The molecule has 2 amide bonds. The number of ether oxygens (including phenoxy) is 1. The maximum Gasteiger partial charge on any atom is 0.416 e. The van der Waals surface area contributed by atoms with E-state index in [1.807, 2.05) is 45.0 Å². The highest BCUT2D eigenvalue weighted by Crippen LogP contribution is 2.29. The van der Waals surface area contributed by atoms with E-state index < -0.39 is 18.0 Å². The van der Waals surface area contributed by atoms with E-state index in [1.54, 1.807) is 0 Å². The van der Waals surface area contributed by atoms with Crippen LogP contribution in [0.2, 0.25) is 0 Å². The molecule has 2 saturated heterocycles. The minimum absolute atomic E-state index is 0.0747. The van der Waals surface area contributed by atoms with E-state index in [9.17, 15) is 14.0 Å². The Balaban J connectivity index is 1.39. The summed E-state index contributed by atoms with van der Waals surface area (Å²) >= 11 is 0. The highest BCUT2D eigenvalue weighted by atomic mass is 19.1. The lowest BCUT2D eigenvalue weighted by Crippen LogP contribution is -2.47. The van der Waals surface area contributed by atoms with E-state index in [1.165, 1.54) is 9.80 Å². The summed E-state index contributed by atoms with van der Waals surface area (Å²) in [7, 11) is 0. The number of carbonyl (C=O) groups is 2. The van der Waals surface area contributed by atoms with E-state index in [-0.39, 0.29) is 36.4 Å². The van der Waals surface area contributed by atoms with Crippen LogP contribution in [-0.2, 0) is 11.3 Å². The molecule has 0 bridgehead atoms. The zero-order valence-corrected chi connectivity index (χ0v) is 20.1. The van der Waals surface area contributed by atoms with Crippen LogP contribution in [0.3, 0.4) is 0 Å². The maximum absolute atomic E-state index is 14.6. The monoisotopic (exact) mass is 486 g/mol. The smallest absolute Gasteiger partial charge is 0.416 e. The van der Waals surface area contributed by atoms with Crippen molar-refractivity contribution in [2.75, 3.05) is 43.0 Å². The van der Waals surface area contributed by atoms with E-state index in [2.05, 4.69) is 20.2 Å². The van der Waals surface area contributed by atoms with Crippen molar-refractivity contribution in [1.82, 2.24) is 19.8 Å². The summed E-state index contributed by atoms with van der Waals surface area (Å²) in [5.74, 6) is -0.474. The fraction of sp³-hybridized carbons (Fsp3) is 0.500. The van der Waals surface area contributed by atoms with Gasteiger partial charge in [0.1, 0.15) is 6.61 Å². The van der Waals surface area contributed by atoms with Crippen molar-refractivity contribution in [1.29, 1.82) is 0 Å². The van der Waals surface area contributed by atoms with Gasteiger partial charge in [-0.05, 0) is 24.0 Å². The van der Waals surface area contributed by atoms with E-state index in [4.69, 9.17) is 9.84 Å². The highest BCUT2D eigenvalue weighted by molar-refractivity contribution is 5.89. The molecule has 0 spiro atoms. The van der Waals surface area contributed by atoms with Crippen LogP contribution in [0.5, 0.6) is 0 Å². The summed E-state index contributed by atoms with van der Waals surface area (Å²) in [6.07, 6.45) is -0.416. The topological polar surface area (TPSA) is 111 Å². The second-order valence-corrected chi connectivity index (χ2v) is 9.28. The SMILES string of the molecule is CC(Nc1ncc(F)c(N2C(=O)OC[C@@H]2C(C)C)n1)c1ccc(CN2CCN(C(=O)O)CC2)cc1. The van der Waals surface area contributed by atoms with Crippen LogP contribution in [-0.4, -0.2) is 75.9 Å². The molecule has 188 valence electrons. The molecule has 10 nitrogen and oxygen atoms in total. The molecule has 2 fully saturated rings. The average Bonchev–Trinajstić information content (AvgIpc) is 3.22. The third kappa shape index (κ3) is 5.61. The molecule has 2 aromatic rings. The molecule has 11 heteroatoms. The van der Waals surface area contributed by atoms with Crippen molar-refractivity contribution in [3.05, 3.63) is 47.4 Å². The minimum atomic E-state index is -0.868. The Kier molecular flexibility index (Phi) is 7.34. The first kappa shape index (κ1) is 24.6. The van der Waals surface area contributed by atoms with Gasteiger partial charge in [-0.25, -0.2) is 19.0 Å². The molecule has 3 heterocycles. The Bertz CT molecular complexity index is 1060. The number of aromatic nitrogens is 2. The first-order chi connectivity index (χ1) is 16.7. The summed E-state index contributed by atoms with van der Waals surface area (Å²) in [6, 6.07) is 7.66. The van der Waals surface area contributed by atoms with Gasteiger partial charge in [0.15, 0.2) is 11.6 Å². The first-order valence-electron chi connectivity index (χ1n) is 11.8. The number of nitrogens with zero attached hydrogens (tertiary/aromatic N) is 5. The molecule has 2 aliphatic rings. The molecule has 0 saturated carbocycles. The molecule has 1 aromatic heterocycles. The fourth-order valence-corrected chi connectivity index (χ4v) is 4.31. The predicted molar refractivity (Wildman–Crippen MR) is 128 cm³/mol. The Morgan fingerprint density at radius 2 is 1.89 bits per heavy atom. The molecule has 1 unspecified atom stereocenters. The minimum Gasteiger partial charge on any atom is -0.465 e. The van der Waals surface area contributed by atoms with Crippen LogP contribution in [0.4, 0.5) is 25.7 Å². The zero-order valence-electron chi connectivity index (χ0n) is 20.1. The standard InChI is InChI=1S/C24H31FN6O4/c1-15(2)20-14-35-24(34)31(20)21-19(25)12-26-22(28-21)27-16(3)18-6-4-17(5-7-18)13-29-8-10-30(11-9-29)23(32)33/h4-7,12,15-16,20H,8-11,13-14H2,1-3H3,(H,32,33)(H,26,27,28)/t16?,20-/m1/s1. The Labute approximate surface area is 203 Å². The number of carboxylic acid groups (broad SMARTS) is 1. The first-order valence-corrected chi connectivity index (χ1v) is 11.8. The molecule has 2 N–H and O–H groups in total. The number of nitrogens with one attached hydrogen (secondary N) is 1. The number of carbonyl (C=O) groups excluding carboxylic acids is 1. The molecule has 2 atom stereocenters. The molecule has 0 aliphatic carbocycles. The lowest BCUT2D eigenvalue weighted by atomic mass is 10.0. The van der Waals surface area contributed by atoms with Crippen LogP contribution < -0.4 is 10.2 Å². The lowest BCUT2D eigenvalue weighted by molar-refractivity contribution is 0.103. The van der Waals surface area contributed by atoms with Gasteiger partial charge in [0.25, 0.3) is 0 Å². The predicted octanol–water partition coefficient (Wildman–Crippen LogP) is 3.57. The van der Waals surface area contributed by atoms with Crippen molar-refractivity contribution in [2.45, 2.75) is 39.4 Å². The third-order valence-corrected chi connectivity index (χ3v) is 6.50. The van der Waals surface area contributed by atoms with Gasteiger partial charge in [0.05, 0.1) is 18.3 Å². The number of rotatable bonds is 7. The van der Waals surface area contributed by atoms with Gasteiger partial charge in [-0.15, -0.1) is 0 Å². The van der Waals surface area contributed by atoms with Crippen LogP contribution >= 0.6 is 0 Å². The highest BCUT2D eigenvalue weighted by Gasteiger charge is 2.38. The number of hydrogen-bond donors (Lipinski definition) is 2. The summed E-state index contributed by atoms with van der Waals surface area (Å²) in [5.41, 5.74) is 2.14. The van der Waals surface area contributed by atoms with Crippen molar-refractivity contribution in [2.24, 2.45) is 5.92 Å².